The highest BCUT2D eigenvalue weighted by molar-refractivity contribution is 5.81. The van der Waals surface area contributed by atoms with Crippen LogP contribution in [0.5, 0.6) is 0 Å². The van der Waals surface area contributed by atoms with Crippen molar-refractivity contribution in [2.45, 2.75) is 38.3 Å². The Morgan fingerprint density at radius 1 is 1.79 bits per heavy atom. The van der Waals surface area contributed by atoms with Crippen LogP contribution in [0.1, 0.15) is 26.7 Å². The second-order valence-electron chi connectivity index (χ2n) is 3.69. The Balaban J connectivity index is 2.45. The number of esters is 2. The van der Waals surface area contributed by atoms with Crippen molar-refractivity contribution in [1.29, 1.82) is 0 Å². The van der Waals surface area contributed by atoms with Gasteiger partial charge in [-0.05, 0) is 13.3 Å². The van der Waals surface area contributed by atoms with E-state index in [9.17, 15) is 9.59 Å². The fourth-order valence-corrected chi connectivity index (χ4v) is 0.996. The molecule has 1 aliphatic rings. The molecule has 0 aliphatic carbocycles. The van der Waals surface area contributed by atoms with Gasteiger partial charge in [-0.25, -0.2) is 0 Å². The van der Waals surface area contributed by atoms with E-state index >= 15 is 0 Å². The van der Waals surface area contributed by atoms with E-state index in [4.69, 9.17) is 10.5 Å². The molecule has 14 heavy (non-hydrogen) atoms. The van der Waals surface area contributed by atoms with Gasteiger partial charge in [0.05, 0.1) is 6.42 Å². The number of ether oxygens (including phenoxy) is 2. The van der Waals surface area contributed by atoms with Gasteiger partial charge in [0.1, 0.15) is 18.2 Å². The molecule has 0 aromatic carbocycles. The smallest absolute Gasteiger partial charge is 0.326 e. The topological polar surface area (TPSA) is 78.6 Å². The summed E-state index contributed by atoms with van der Waals surface area (Å²) in [4.78, 5) is 22.2. The Labute approximate surface area is 82.5 Å². The Morgan fingerprint density at radius 3 is 2.86 bits per heavy atom. The molecule has 1 fully saturated rings. The van der Waals surface area contributed by atoms with E-state index in [2.05, 4.69) is 4.74 Å². The third-order valence-electron chi connectivity index (χ3n) is 2.30. The average Bonchev–Trinajstić information content (AvgIpc) is 2.51. The number of cyclic esters (lactones) is 1. The number of hydrogen-bond donors (Lipinski definition) is 1. The van der Waals surface area contributed by atoms with E-state index in [1.54, 1.807) is 13.8 Å². The van der Waals surface area contributed by atoms with E-state index in [1.165, 1.54) is 0 Å². The minimum absolute atomic E-state index is 0.130. The minimum atomic E-state index is -0.981. The van der Waals surface area contributed by atoms with Gasteiger partial charge in [-0.1, -0.05) is 6.92 Å². The summed E-state index contributed by atoms with van der Waals surface area (Å²) < 4.78 is 9.68. The predicted octanol–water partition coefficient (Wildman–Crippen LogP) is -0.0275. The zero-order valence-electron chi connectivity index (χ0n) is 8.41. The number of carbonyl (C=O) groups is 2. The van der Waals surface area contributed by atoms with Crippen LogP contribution in [0, 0.1) is 0 Å². The maximum atomic E-state index is 11.4. The first-order valence-electron chi connectivity index (χ1n) is 4.61. The fraction of sp³-hybridized carbons (Fsp3) is 0.778. The van der Waals surface area contributed by atoms with Gasteiger partial charge >= 0.3 is 11.9 Å². The largest absolute Gasteiger partial charge is 0.462 e. The third kappa shape index (κ3) is 2.45. The van der Waals surface area contributed by atoms with Gasteiger partial charge in [-0.3, -0.25) is 9.59 Å². The number of nitrogens with two attached hydrogens (primary N) is 1. The molecule has 1 saturated heterocycles. The molecule has 0 aromatic rings. The first kappa shape index (κ1) is 11.0. The summed E-state index contributed by atoms with van der Waals surface area (Å²) in [5.41, 5.74) is 4.69. The van der Waals surface area contributed by atoms with Gasteiger partial charge in [0.25, 0.3) is 0 Å². The van der Waals surface area contributed by atoms with Crippen LogP contribution >= 0.6 is 0 Å². The van der Waals surface area contributed by atoms with E-state index in [1.807, 2.05) is 0 Å². The van der Waals surface area contributed by atoms with Gasteiger partial charge < -0.3 is 15.2 Å². The molecule has 0 saturated carbocycles. The highest BCUT2D eigenvalue weighted by Crippen LogP contribution is 2.14. The summed E-state index contributed by atoms with van der Waals surface area (Å²) in [6.45, 7) is 3.55. The van der Waals surface area contributed by atoms with Gasteiger partial charge in [-0.2, -0.15) is 0 Å². The van der Waals surface area contributed by atoms with E-state index < -0.39 is 17.6 Å². The molecular weight excluding hydrogens is 186 g/mol. The van der Waals surface area contributed by atoms with Crippen LogP contribution in [-0.4, -0.2) is 30.2 Å². The molecular formula is C9H15NO4. The molecule has 0 amide bonds. The van der Waals surface area contributed by atoms with Crippen molar-refractivity contribution in [3.05, 3.63) is 0 Å². The fourth-order valence-electron chi connectivity index (χ4n) is 0.996. The summed E-state index contributed by atoms with van der Waals surface area (Å²) in [5, 5.41) is 0. The molecule has 0 bridgehead atoms. The molecule has 80 valence electrons. The van der Waals surface area contributed by atoms with Crippen LogP contribution in [0.15, 0.2) is 0 Å². The van der Waals surface area contributed by atoms with Crippen LogP contribution in [0.4, 0.5) is 0 Å². The summed E-state index contributed by atoms with van der Waals surface area (Å²) in [5.74, 6) is -0.818. The van der Waals surface area contributed by atoms with Crippen LogP contribution < -0.4 is 5.73 Å². The average molecular weight is 201 g/mol. The van der Waals surface area contributed by atoms with Crippen molar-refractivity contribution in [2.24, 2.45) is 5.73 Å². The maximum absolute atomic E-state index is 11.4. The first-order valence-corrected chi connectivity index (χ1v) is 4.61. The molecule has 1 rings (SSSR count). The normalized spacial score (nSPS) is 25.4. The van der Waals surface area contributed by atoms with E-state index in [0.29, 0.717) is 6.42 Å². The van der Waals surface area contributed by atoms with Crippen molar-refractivity contribution in [3.8, 4) is 0 Å². The maximum Gasteiger partial charge on any atom is 0.326 e. The minimum Gasteiger partial charge on any atom is -0.462 e. The summed E-state index contributed by atoms with van der Waals surface area (Å²) >= 11 is 0. The summed E-state index contributed by atoms with van der Waals surface area (Å²) in [6, 6.07) is 0. The highest BCUT2D eigenvalue weighted by atomic mass is 16.6. The Kier molecular flexibility index (Phi) is 3.10. The lowest BCUT2D eigenvalue weighted by Gasteiger charge is -2.22. The molecule has 1 heterocycles. The lowest BCUT2D eigenvalue weighted by Crippen LogP contribution is -2.46. The quantitative estimate of drug-likeness (QED) is 0.649. The molecule has 2 atom stereocenters. The van der Waals surface area contributed by atoms with Crippen LogP contribution in [0.2, 0.25) is 0 Å². The standard InChI is InChI=1S/C9H15NO4/c1-3-9(2,10)8(12)14-6-4-7(11)13-5-6/h6H,3-5,10H2,1-2H3. The third-order valence-corrected chi connectivity index (χ3v) is 2.30. The summed E-state index contributed by atoms with van der Waals surface area (Å²) in [6.07, 6.45) is 0.156. The van der Waals surface area contributed by atoms with Gasteiger partial charge in [0.15, 0.2) is 0 Å². The van der Waals surface area contributed by atoms with E-state index in [0.717, 1.165) is 0 Å². The van der Waals surface area contributed by atoms with Crippen molar-refractivity contribution in [2.75, 3.05) is 6.61 Å². The van der Waals surface area contributed by atoms with Crippen molar-refractivity contribution in [1.82, 2.24) is 0 Å². The lowest BCUT2D eigenvalue weighted by atomic mass is 10.0. The number of rotatable bonds is 3. The Hall–Kier alpha value is -1.10. The Morgan fingerprint density at radius 2 is 2.43 bits per heavy atom. The van der Waals surface area contributed by atoms with Crippen molar-refractivity contribution in [3.63, 3.8) is 0 Å². The molecule has 0 radical (unpaired) electrons. The Bertz CT molecular complexity index is 249. The lowest BCUT2D eigenvalue weighted by molar-refractivity contribution is -0.155. The predicted molar refractivity (Wildman–Crippen MR) is 48.3 cm³/mol. The molecule has 5 nitrogen and oxygen atoms in total. The molecule has 0 aromatic heterocycles. The molecule has 1 aliphatic heterocycles. The molecule has 2 N–H and O–H groups in total. The summed E-state index contributed by atoms with van der Waals surface area (Å²) in [7, 11) is 0. The zero-order valence-corrected chi connectivity index (χ0v) is 8.41. The molecule has 5 heteroatoms. The van der Waals surface area contributed by atoms with Gasteiger partial charge in [0.2, 0.25) is 0 Å². The number of hydrogen-bond acceptors (Lipinski definition) is 5. The van der Waals surface area contributed by atoms with Crippen LogP contribution in [0.3, 0.4) is 0 Å². The molecule has 0 spiro atoms. The second-order valence-corrected chi connectivity index (χ2v) is 3.69. The van der Waals surface area contributed by atoms with Crippen molar-refractivity contribution < 1.29 is 19.1 Å². The SMILES string of the molecule is CCC(C)(N)C(=O)OC1COC(=O)C1. The van der Waals surface area contributed by atoms with Crippen molar-refractivity contribution >= 4 is 11.9 Å². The number of carbonyl (C=O) groups excluding carboxylic acids is 2. The van der Waals surface area contributed by atoms with Gasteiger partial charge in [-0.15, -0.1) is 0 Å². The molecule has 2 unspecified atom stereocenters. The first-order chi connectivity index (χ1) is 6.45. The highest BCUT2D eigenvalue weighted by Gasteiger charge is 2.33. The monoisotopic (exact) mass is 201 g/mol. The zero-order chi connectivity index (χ0) is 10.8. The van der Waals surface area contributed by atoms with Gasteiger partial charge in [0, 0.05) is 0 Å². The second kappa shape index (κ2) is 3.96. The van der Waals surface area contributed by atoms with Crippen LogP contribution in [-0.2, 0) is 19.1 Å². The van der Waals surface area contributed by atoms with E-state index in [-0.39, 0.29) is 19.0 Å². The van der Waals surface area contributed by atoms with Crippen LogP contribution in [0.25, 0.3) is 0 Å².